The maximum absolute atomic E-state index is 11.7. The zero-order chi connectivity index (χ0) is 11.4. The Morgan fingerprint density at radius 2 is 2.12 bits per heavy atom. The molecule has 16 heavy (non-hydrogen) atoms. The molecule has 1 saturated carbocycles. The standard InChI is InChI=1S/C13H18O3/c14-12-7-6-10-9-13(15)16-8-4-2-1-3-5-11(10)12/h1,3,10-11H,2,4-9H2/b3-1+/t10-,11-/m1/s1. The maximum Gasteiger partial charge on any atom is 0.306 e. The van der Waals surface area contributed by atoms with Crippen LogP contribution in [0.15, 0.2) is 12.2 Å². The maximum atomic E-state index is 11.7. The monoisotopic (exact) mass is 222 g/mol. The fourth-order valence-electron chi connectivity index (χ4n) is 2.57. The highest BCUT2D eigenvalue weighted by atomic mass is 16.5. The average Bonchev–Trinajstić information content (AvgIpc) is 2.58. The molecular formula is C13H18O3. The largest absolute Gasteiger partial charge is 0.466 e. The Kier molecular flexibility index (Phi) is 3.75. The van der Waals surface area contributed by atoms with Crippen molar-refractivity contribution in [2.75, 3.05) is 6.61 Å². The number of cyclic esters (lactones) is 1. The number of carbonyl (C=O) groups excluding carboxylic acids is 2. The summed E-state index contributed by atoms with van der Waals surface area (Å²) in [4.78, 5) is 23.2. The molecular weight excluding hydrogens is 204 g/mol. The van der Waals surface area contributed by atoms with Crippen LogP contribution >= 0.6 is 0 Å². The first-order valence-electron chi connectivity index (χ1n) is 6.10. The summed E-state index contributed by atoms with van der Waals surface area (Å²) in [5.74, 6) is 0.456. The highest BCUT2D eigenvalue weighted by molar-refractivity contribution is 5.84. The van der Waals surface area contributed by atoms with Gasteiger partial charge in [0.2, 0.25) is 0 Å². The van der Waals surface area contributed by atoms with Gasteiger partial charge in [0.05, 0.1) is 6.61 Å². The number of fused-ring (bicyclic) bond motifs is 1. The predicted molar refractivity (Wildman–Crippen MR) is 59.8 cm³/mol. The van der Waals surface area contributed by atoms with Crippen molar-refractivity contribution in [1.29, 1.82) is 0 Å². The summed E-state index contributed by atoms with van der Waals surface area (Å²) < 4.78 is 5.13. The van der Waals surface area contributed by atoms with Crippen LogP contribution in [-0.2, 0) is 14.3 Å². The second kappa shape index (κ2) is 5.28. The number of carbonyl (C=O) groups is 2. The number of hydrogen-bond donors (Lipinski definition) is 0. The Bertz CT molecular complexity index is 306. The van der Waals surface area contributed by atoms with Crippen molar-refractivity contribution >= 4 is 11.8 Å². The Morgan fingerprint density at radius 1 is 1.25 bits per heavy atom. The lowest BCUT2D eigenvalue weighted by molar-refractivity contribution is -0.145. The van der Waals surface area contributed by atoms with Crippen LogP contribution in [0.25, 0.3) is 0 Å². The molecule has 0 bridgehead atoms. The van der Waals surface area contributed by atoms with E-state index < -0.39 is 0 Å². The number of Topliss-reactive ketones (excluding diaryl/α,β-unsaturated/α-hetero) is 1. The van der Waals surface area contributed by atoms with Crippen LogP contribution in [0.1, 0.15) is 38.5 Å². The second-order valence-corrected chi connectivity index (χ2v) is 4.65. The normalized spacial score (nSPS) is 33.8. The van der Waals surface area contributed by atoms with Crippen LogP contribution in [0.2, 0.25) is 0 Å². The van der Waals surface area contributed by atoms with Crippen molar-refractivity contribution in [3.63, 3.8) is 0 Å². The number of rotatable bonds is 0. The van der Waals surface area contributed by atoms with Gasteiger partial charge in [-0.05, 0) is 31.6 Å². The molecule has 0 N–H and O–H groups in total. The van der Waals surface area contributed by atoms with Gasteiger partial charge in [-0.2, -0.15) is 0 Å². The Balaban J connectivity index is 2.05. The Hall–Kier alpha value is -1.12. The molecule has 1 heterocycles. The zero-order valence-electron chi connectivity index (χ0n) is 9.48. The average molecular weight is 222 g/mol. The van der Waals surface area contributed by atoms with Gasteiger partial charge >= 0.3 is 5.97 Å². The number of allylic oxidation sites excluding steroid dienone is 2. The SMILES string of the molecule is O=C1C[C@H]2CCC(=O)[C@@H]2C/C=C/CCCO1. The molecule has 3 nitrogen and oxygen atoms in total. The minimum absolute atomic E-state index is 0.0573. The van der Waals surface area contributed by atoms with Gasteiger partial charge in [0, 0.05) is 18.8 Å². The summed E-state index contributed by atoms with van der Waals surface area (Å²) in [6, 6.07) is 0. The second-order valence-electron chi connectivity index (χ2n) is 4.65. The summed E-state index contributed by atoms with van der Waals surface area (Å²) in [5, 5.41) is 0. The first kappa shape index (κ1) is 11.4. The van der Waals surface area contributed by atoms with Crippen LogP contribution in [0.5, 0.6) is 0 Å². The van der Waals surface area contributed by atoms with Crippen LogP contribution in [0.3, 0.4) is 0 Å². The number of ketones is 1. The molecule has 1 aliphatic carbocycles. The third kappa shape index (κ3) is 2.71. The van der Waals surface area contributed by atoms with Crippen molar-refractivity contribution < 1.29 is 14.3 Å². The van der Waals surface area contributed by atoms with Gasteiger partial charge in [0.15, 0.2) is 0 Å². The number of hydrogen-bond acceptors (Lipinski definition) is 3. The van der Waals surface area contributed by atoms with Gasteiger partial charge in [-0.25, -0.2) is 0 Å². The molecule has 2 rings (SSSR count). The van der Waals surface area contributed by atoms with Crippen LogP contribution in [0, 0.1) is 11.8 Å². The van der Waals surface area contributed by atoms with Crippen LogP contribution < -0.4 is 0 Å². The van der Waals surface area contributed by atoms with E-state index in [0.29, 0.717) is 25.2 Å². The quantitative estimate of drug-likeness (QED) is 0.466. The van der Waals surface area contributed by atoms with Crippen molar-refractivity contribution in [2.24, 2.45) is 11.8 Å². The van der Waals surface area contributed by atoms with Crippen molar-refractivity contribution in [1.82, 2.24) is 0 Å². The van der Waals surface area contributed by atoms with Crippen molar-refractivity contribution in [3.8, 4) is 0 Å². The number of ether oxygens (including phenoxy) is 1. The lowest BCUT2D eigenvalue weighted by Gasteiger charge is -2.15. The first-order chi connectivity index (χ1) is 7.77. The summed E-state index contributed by atoms with van der Waals surface area (Å²) in [5.41, 5.74) is 0. The fourth-order valence-corrected chi connectivity index (χ4v) is 2.57. The van der Waals surface area contributed by atoms with Gasteiger partial charge < -0.3 is 4.74 Å². The lowest BCUT2D eigenvalue weighted by Crippen LogP contribution is -2.18. The van der Waals surface area contributed by atoms with E-state index >= 15 is 0 Å². The fraction of sp³-hybridized carbons (Fsp3) is 0.692. The van der Waals surface area contributed by atoms with Gasteiger partial charge in [-0.3, -0.25) is 9.59 Å². The minimum atomic E-state index is -0.133. The summed E-state index contributed by atoms with van der Waals surface area (Å²) in [6.07, 6.45) is 8.72. The highest BCUT2D eigenvalue weighted by Crippen LogP contribution is 2.34. The molecule has 1 fully saturated rings. The van der Waals surface area contributed by atoms with E-state index in [2.05, 4.69) is 12.2 Å². The van der Waals surface area contributed by atoms with Crippen molar-refractivity contribution in [3.05, 3.63) is 12.2 Å². The van der Waals surface area contributed by atoms with E-state index in [0.717, 1.165) is 25.7 Å². The molecule has 0 aromatic rings. The van der Waals surface area contributed by atoms with E-state index in [9.17, 15) is 9.59 Å². The lowest BCUT2D eigenvalue weighted by atomic mass is 9.89. The van der Waals surface area contributed by atoms with Crippen molar-refractivity contribution in [2.45, 2.75) is 38.5 Å². The van der Waals surface area contributed by atoms with E-state index in [1.165, 1.54) is 0 Å². The Morgan fingerprint density at radius 3 is 3.00 bits per heavy atom. The zero-order valence-corrected chi connectivity index (χ0v) is 9.48. The topological polar surface area (TPSA) is 43.4 Å². The van der Waals surface area contributed by atoms with Gasteiger partial charge in [-0.1, -0.05) is 12.2 Å². The molecule has 1 aliphatic heterocycles. The molecule has 0 radical (unpaired) electrons. The Labute approximate surface area is 95.9 Å². The van der Waals surface area contributed by atoms with E-state index in [4.69, 9.17) is 4.74 Å². The van der Waals surface area contributed by atoms with Crippen LogP contribution in [0.4, 0.5) is 0 Å². The summed E-state index contributed by atoms with van der Waals surface area (Å²) >= 11 is 0. The highest BCUT2D eigenvalue weighted by Gasteiger charge is 2.35. The third-order valence-electron chi connectivity index (χ3n) is 3.51. The number of esters is 1. The first-order valence-corrected chi connectivity index (χ1v) is 6.10. The van der Waals surface area contributed by atoms with E-state index in [1.807, 2.05) is 0 Å². The van der Waals surface area contributed by atoms with Crippen LogP contribution in [-0.4, -0.2) is 18.4 Å². The molecule has 0 spiro atoms. The van der Waals surface area contributed by atoms with Gasteiger partial charge in [0.25, 0.3) is 0 Å². The van der Waals surface area contributed by atoms with E-state index in [-0.39, 0.29) is 17.8 Å². The molecule has 0 unspecified atom stereocenters. The summed E-state index contributed by atoms with van der Waals surface area (Å²) in [7, 11) is 0. The smallest absolute Gasteiger partial charge is 0.306 e. The van der Waals surface area contributed by atoms with E-state index in [1.54, 1.807) is 0 Å². The molecule has 0 aromatic heterocycles. The molecule has 0 aromatic carbocycles. The molecule has 0 saturated heterocycles. The third-order valence-corrected chi connectivity index (χ3v) is 3.51. The summed E-state index contributed by atoms with van der Waals surface area (Å²) in [6.45, 7) is 0.508. The molecule has 2 aliphatic rings. The molecule has 88 valence electrons. The molecule has 2 atom stereocenters. The molecule has 0 amide bonds. The predicted octanol–water partition coefficient (Wildman–Crippen LogP) is 2.26. The molecule has 3 heteroatoms. The minimum Gasteiger partial charge on any atom is -0.466 e. The van der Waals surface area contributed by atoms with Gasteiger partial charge in [-0.15, -0.1) is 0 Å². The van der Waals surface area contributed by atoms with Gasteiger partial charge in [0.1, 0.15) is 5.78 Å².